The minimum Gasteiger partial charge on any atom is -0.361 e. The third-order valence-electron chi connectivity index (χ3n) is 5.06. The van der Waals surface area contributed by atoms with E-state index in [-0.39, 0.29) is 12.3 Å². The lowest BCUT2D eigenvalue weighted by Gasteiger charge is -2.20. The van der Waals surface area contributed by atoms with E-state index in [0.29, 0.717) is 12.3 Å². The molecule has 0 radical (unpaired) electrons. The summed E-state index contributed by atoms with van der Waals surface area (Å²) in [6, 6.07) is 10.1. The Hall–Kier alpha value is -2.47. The number of nitrogens with zero attached hydrogens (tertiary/aromatic N) is 3. The topological polar surface area (TPSA) is 59.2 Å². The van der Waals surface area contributed by atoms with E-state index in [1.165, 1.54) is 23.4 Å². The summed E-state index contributed by atoms with van der Waals surface area (Å²) in [5, 5.41) is 4.79. The number of fused-ring (bicyclic) bond motifs is 1. The Morgan fingerprint density at radius 3 is 2.67 bits per heavy atom. The van der Waals surface area contributed by atoms with E-state index in [2.05, 4.69) is 5.16 Å². The van der Waals surface area contributed by atoms with Gasteiger partial charge < -0.3 is 4.52 Å². The Labute approximate surface area is 163 Å². The van der Waals surface area contributed by atoms with E-state index in [0.717, 1.165) is 34.8 Å². The van der Waals surface area contributed by atoms with Crippen LogP contribution in [0.15, 0.2) is 34.9 Å². The van der Waals surface area contributed by atoms with Crippen LogP contribution < -0.4 is 4.90 Å². The van der Waals surface area contributed by atoms with Gasteiger partial charge in [-0.1, -0.05) is 35.5 Å². The normalized spacial score (nSPS) is 13.4. The monoisotopic (exact) mass is 381 g/mol. The summed E-state index contributed by atoms with van der Waals surface area (Å²) < 4.78 is 5.23. The lowest BCUT2D eigenvalue weighted by atomic mass is 10.0. The number of hydrogen-bond acceptors (Lipinski definition) is 5. The molecule has 2 heterocycles. The fraction of sp³-hybridized carbons (Fsp3) is 0.381. The second-order valence-corrected chi connectivity index (χ2v) is 8.08. The highest BCUT2D eigenvalue weighted by Gasteiger charge is 2.25. The van der Waals surface area contributed by atoms with Gasteiger partial charge in [0.15, 0.2) is 5.13 Å². The second kappa shape index (κ2) is 7.64. The van der Waals surface area contributed by atoms with Gasteiger partial charge in [-0.15, -0.1) is 11.3 Å². The third kappa shape index (κ3) is 3.81. The van der Waals surface area contributed by atoms with E-state index < -0.39 is 0 Å². The highest BCUT2D eigenvalue weighted by Crippen LogP contribution is 2.33. The van der Waals surface area contributed by atoms with Crippen LogP contribution in [0.2, 0.25) is 0 Å². The van der Waals surface area contributed by atoms with Gasteiger partial charge in [0, 0.05) is 10.4 Å². The van der Waals surface area contributed by atoms with Crippen molar-refractivity contribution in [2.24, 2.45) is 0 Å². The lowest BCUT2D eigenvalue weighted by molar-refractivity contribution is -0.118. The standard InChI is InChI=1S/C21H23N3O2S/c1-14-17(15(2)26-23-14)12-20(25)24(13-16-8-4-3-5-9-16)21-22-18-10-6-7-11-19(18)27-21/h3-5,8-9H,6-7,10-13H2,1-2H3. The number of aryl methyl sites for hydroxylation is 4. The Balaban J connectivity index is 1.65. The molecule has 27 heavy (non-hydrogen) atoms. The largest absolute Gasteiger partial charge is 0.361 e. The summed E-state index contributed by atoms with van der Waals surface area (Å²) in [7, 11) is 0. The molecular weight excluding hydrogens is 358 g/mol. The van der Waals surface area contributed by atoms with Crippen LogP contribution in [0.5, 0.6) is 0 Å². The van der Waals surface area contributed by atoms with Gasteiger partial charge in [-0.3, -0.25) is 9.69 Å². The number of rotatable bonds is 5. The molecule has 0 fully saturated rings. The Kier molecular flexibility index (Phi) is 5.07. The van der Waals surface area contributed by atoms with Gasteiger partial charge >= 0.3 is 0 Å². The molecule has 0 saturated carbocycles. The zero-order valence-corrected chi connectivity index (χ0v) is 16.5. The smallest absolute Gasteiger partial charge is 0.233 e. The molecular formula is C21H23N3O2S. The SMILES string of the molecule is Cc1noc(C)c1CC(=O)N(Cc1ccccc1)c1nc2c(s1)CCCC2. The number of thiazole rings is 1. The van der Waals surface area contributed by atoms with Crippen LogP contribution in [0.1, 0.15) is 46.0 Å². The van der Waals surface area contributed by atoms with Gasteiger partial charge in [0.1, 0.15) is 5.76 Å². The zero-order valence-electron chi connectivity index (χ0n) is 15.7. The van der Waals surface area contributed by atoms with Crippen LogP contribution in [0.3, 0.4) is 0 Å². The molecule has 6 heteroatoms. The maximum atomic E-state index is 13.3. The minimum atomic E-state index is 0.0272. The van der Waals surface area contributed by atoms with Crippen molar-refractivity contribution in [2.45, 2.75) is 52.5 Å². The van der Waals surface area contributed by atoms with Crippen LogP contribution in [0.4, 0.5) is 5.13 Å². The van der Waals surface area contributed by atoms with Crippen LogP contribution in [-0.4, -0.2) is 16.0 Å². The van der Waals surface area contributed by atoms with Crippen LogP contribution >= 0.6 is 11.3 Å². The van der Waals surface area contributed by atoms with Crippen molar-refractivity contribution in [3.05, 3.63) is 63.5 Å². The second-order valence-electron chi connectivity index (χ2n) is 7.02. The number of hydrogen-bond donors (Lipinski definition) is 0. The number of carbonyl (C=O) groups is 1. The summed E-state index contributed by atoms with van der Waals surface area (Å²) in [6.07, 6.45) is 4.76. The van der Waals surface area contributed by atoms with E-state index in [1.54, 1.807) is 11.3 Å². The van der Waals surface area contributed by atoms with Crippen molar-refractivity contribution >= 4 is 22.4 Å². The molecule has 0 aliphatic heterocycles. The first-order valence-corrected chi connectivity index (χ1v) is 10.2. The van der Waals surface area contributed by atoms with Crippen LogP contribution in [0, 0.1) is 13.8 Å². The summed E-state index contributed by atoms with van der Waals surface area (Å²) in [5.74, 6) is 0.735. The molecule has 0 saturated heterocycles. The number of anilines is 1. The van der Waals surface area contributed by atoms with Gasteiger partial charge in [0.25, 0.3) is 0 Å². The Bertz CT molecular complexity index is 903. The van der Waals surface area contributed by atoms with Crippen molar-refractivity contribution in [3.8, 4) is 0 Å². The molecule has 5 nitrogen and oxygen atoms in total. The number of benzene rings is 1. The van der Waals surface area contributed by atoms with Gasteiger partial charge in [-0.2, -0.15) is 0 Å². The molecule has 140 valence electrons. The molecule has 2 aromatic heterocycles. The Morgan fingerprint density at radius 1 is 1.19 bits per heavy atom. The maximum Gasteiger partial charge on any atom is 0.233 e. The van der Waals surface area contributed by atoms with Crippen molar-refractivity contribution in [2.75, 3.05) is 4.90 Å². The van der Waals surface area contributed by atoms with Crippen molar-refractivity contribution in [3.63, 3.8) is 0 Å². The first-order valence-electron chi connectivity index (χ1n) is 9.36. The molecule has 1 amide bonds. The number of aromatic nitrogens is 2. The molecule has 0 spiro atoms. The average Bonchev–Trinajstić information content (AvgIpc) is 3.25. The fourth-order valence-corrected chi connectivity index (χ4v) is 4.65. The predicted octanol–water partition coefficient (Wildman–Crippen LogP) is 4.40. The summed E-state index contributed by atoms with van der Waals surface area (Å²) in [6.45, 7) is 4.25. The van der Waals surface area contributed by atoms with Gasteiger partial charge in [-0.05, 0) is 45.1 Å². The van der Waals surface area contributed by atoms with Crippen molar-refractivity contribution in [1.82, 2.24) is 10.1 Å². The fourth-order valence-electron chi connectivity index (χ4n) is 3.48. The summed E-state index contributed by atoms with van der Waals surface area (Å²) in [5.41, 5.74) is 3.92. The molecule has 4 rings (SSSR count). The van der Waals surface area contributed by atoms with Crippen molar-refractivity contribution < 1.29 is 9.32 Å². The maximum absolute atomic E-state index is 13.3. The molecule has 1 aliphatic rings. The zero-order chi connectivity index (χ0) is 18.8. The van der Waals surface area contributed by atoms with E-state index in [1.807, 2.05) is 49.1 Å². The highest BCUT2D eigenvalue weighted by atomic mass is 32.1. The highest BCUT2D eigenvalue weighted by molar-refractivity contribution is 7.15. The predicted molar refractivity (Wildman–Crippen MR) is 106 cm³/mol. The lowest BCUT2D eigenvalue weighted by Crippen LogP contribution is -2.32. The molecule has 0 N–H and O–H groups in total. The first-order chi connectivity index (χ1) is 13.1. The molecule has 0 unspecified atom stereocenters. The molecule has 0 atom stereocenters. The van der Waals surface area contributed by atoms with E-state index in [4.69, 9.17) is 9.51 Å². The first kappa shape index (κ1) is 17.9. The van der Waals surface area contributed by atoms with Crippen LogP contribution in [-0.2, 0) is 30.6 Å². The summed E-state index contributed by atoms with van der Waals surface area (Å²) in [4.78, 5) is 21.2. The summed E-state index contributed by atoms with van der Waals surface area (Å²) >= 11 is 1.67. The quantitative estimate of drug-likeness (QED) is 0.657. The van der Waals surface area contributed by atoms with E-state index in [9.17, 15) is 4.79 Å². The average molecular weight is 382 g/mol. The van der Waals surface area contributed by atoms with Gasteiger partial charge in [-0.25, -0.2) is 4.98 Å². The van der Waals surface area contributed by atoms with E-state index >= 15 is 0 Å². The molecule has 0 bridgehead atoms. The van der Waals surface area contributed by atoms with Crippen LogP contribution in [0.25, 0.3) is 0 Å². The molecule has 1 aromatic carbocycles. The van der Waals surface area contributed by atoms with Gasteiger partial charge in [0.05, 0.1) is 24.4 Å². The minimum absolute atomic E-state index is 0.0272. The molecule has 1 aliphatic carbocycles. The Morgan fingerprint density at radius 2 is 1.96 bits per heavy atom. The van der Waals surface area contributed by atoms with Gasteiger partial charge in [0.2, 0.25) is 5.91 Å². The number of carbonyl (C=O) groups excluding carboxylic acids is 1. The number of amides is 1. The molecule has 3 aromatic rings. The third-order valence-corrected chi connectivity index (χ3v) is 6.24. The van der Waals surface area contributed by atoms with Crippen molar-refractivity contribution in [1.29, 1.82) is 0 Å².